The number of aromatic hydroxyl groups is 1. The van der Waals surface area contributed by atoms with Gasteiger partial charge >= 0.3 is 0 Å². The van der Waals surface area contributed by atoms with Gasteiger partial charge in [-0.15, -0.1) is 0 Å². The second-order valence-electron chi connectivity index (χ2n) is 7.56. The highest BCUT2D eigenvalue weighted by Gasteiger charge is 2.40. The third-order valence-electron chi connectivity index (χ3n) is 6.00. The van der Waals surface area contributed by atoms with Crippen molar-refractivity contribution in [1.82, 2.24) is 4.90 Å². The fourth-order valence-electron chi connectivity index (χ4n) is 4.20. The zero-order chi connectivity index (χ0) is 18.6. The summed E-state index contributed by atoms with van der Waals surface area (Å²) in [6.07, 6.45) is 4.80. The van der Waals surface area contributed by atoms with Crippen LogP contribution in [0.3, 0.4) is 0 Å². The van der Waals surface area contributed by atoms with Crippen LogP contribution >= 0.6 is 0 Å². The van der Waals surface area contributed by atoms with Gasteiger partial charge in [-0.05, 0) is 25.0 Å². The van der Waals surface area contributed by atoms with E-state index in [0.29, 0.717) is 12.3 Å². The molecule has 1 amide bonds. The molecule has 140 valence electrons. The fourth-order valence-corrected chi connectivity index (χ4v) is 4.20. The quantitative estimate of drug-likeness (QED) is 0.835. The highest BCUT2D eigenvalue weighted by Crippen LogP contribution is 2.32. The fraction of sp³-hybridized carbons (Fsp3) is 0.600. The predicted octanol–water partition coefficient (Wildman–Crippen LogP) is 0.782. The number of nitriles is 1. The van der Waals surface area contributed by atoms with E-state index in [-0.39, 0.29) is 5.91 Å². The number of benzene rings is 1. The van der Waals surface area contributed by atoms with Crippen molar-refractivity contribution >= 4 is 11.6 Å². The lowest BCUT2D eigenvalue weighted by atomic mass is 9.81. The van der Waals surface area contributed by atoms with E-state index < -0.39 is 5.54 Å². The zero-order valence-corrected chi connectivity index (χ0v) is 15.6. The first-order chi connectivity index (χ1) is 12.6. The Hall–Kier alpha value is -2.26. The lowest BCUT2D eigenvalue weighted by Crippen LogP contribution is -3.16. The molecule has 1 aliphatic carbocycles. The van der Waals surface area contributed by atoms with Crippen LogP contribution in [-0.4, -0.2) is 61.2 Å². The Morgan fingerprint density at radius 2 is 1.92 bits per heavy atom. The van der Waals surface area contributed by atoms with Gasteiger partial charge in [0.15, 0.2) is 6.54 Å². The van der Waals surface area contributed by atoms with E-state index in [1.165, 1.54) is 4.90 Å². The van der Waals surface area contributed by atoms with Gasteiger partial charge in [-0.2, -0.15) is 5.26 Å². The van der Waals surface area contributed by atoms with E-state index in [1.54, 1.807) is 18.0 Å². The molecule has 1 aromatic carbocycles. The number of carbonyl (C=O) groups excluding carboxylic acids is 1. The molecule has 0 atom stereocenters. The Morgan fingerprint density at radius 1 is 1.27 bits per heavy atom. The summed E-state index contributed by atoms with van der Waals surface area (Å²) in [6.45, 7) is 3.77. The van der Waals surface area contributed by atoms with Crippen molar-refractivity contribution < 1.29 is 14.8 Å². The Balaban J connectivity index is 1.55. The van der Waals surface area contributed by atoms with Crippen LogP contribution in [-0.2, 0) is 4.79 Å². The van der Waals surface area contributed by atoms with Crippen LogP contribution < -0.4 is 9.80 Å². The summed E-state index contributed by atoms with van der Waals surface area (Å²) in [6, 6.07) is 9.82. The van der Waals surface area contributed by atoms with E-state index in [4.69, 9.17) is 0 Å². The number of hydrogen-bond acceptors (Lipinski definition) is 4. The molecule has 1 aliphatic heterocycles. The molecule has 6 heteroatoms. The van der Waals surface area contributed by atoms with Crippen molar-refractivity contribution in [3.05, 3.63) is 24.3 Å². The number of carbonyl (C=O) groups is 1. The van der Waals surface area contributed by atoms with E-state index in [9.17, 15) is 15.2 Å². The molecular weight excluding hydrogens is 328 g/mol. The smallest absolute Gasteiger partial charge is 0.278 e. The third kappa shape index (κ3) is 3.78. The van der Waals surface area contributed by atoms with Crippen LogP contribution in [0.25, 0.3) is 0 Å². The number of nitrogens with one attached hydrogen (secondary N) is 1. The maximum atomic E-state index is 12.8. The minimum absolute atomic E-state index is 0.0689. The van der Waals surface area contributed by atoms with Gasteiger partial charge in [0, 0.05) is 7.05 Å². The number of anilines is 1. The van der Waals surface area contributed by atoms with E-state index >= 15 is 0 Å². The Morgan fingerprint density at radius 3 is 2.54 bits per heavy atom. The number of piperazine rings is 1. The molecule has 2 fully saturated rings. The van der Waals surface area contributed by atoms with Gasteiger partial charge in [-0.3, -0.25) is 4.79 Å². The first-order valence-corrected chi connectivity index (χ1v) is 9.60. The summed E-state index contributed by atoms with van der Waals surface area (Å²) in [5.74, 6) is 0.375. The van der Waals surface area contributed by atoms with Crippen molar-refractivity contribution in [2.45, 2.75) is 37.6 Å². The zero-order valence-electron chi connectivity index (χ0n) is 15.6. The second kappa shape index (κ2) is 7.96. The van der Waals surface area contributed by atoms with Gasteiger partial charge in [0.1, 0.15) is 11.3 Å². The van der Waals surface area contributed by atoms with E-state index in [1.807, 2.05) is 18.2 Å². The summed E-state index contributed by atoms with van der Waals surface area (Å²) >= 11 is 0. The number of para-hydroxylation sites is 2. The number of quaternary nitrogens is 1. The average molecular weight is 357 g/mol. The molecule has 6 nitrogen and oxygen atoms in total. The molecule has 0 unspecified atom stereocenters. The standard InChI is InChI=1S/C20H28N4O2/c1-22(20(16-21)9-5-2-6-10-20)19(26)15-23-11-13-24(14-12-23)17-7-3-4-8-18(17)25/h3-4,7-8,25H,2,5-6,9-15H2,1H3/p+1. The first-order valence-electron chi connectivity index (χ1n) is 9.60. The van der Waals surface area contributed by atoms with Crippen LogP contribution in [0, 0.1) is 11.3 Å². The highest BCUT2D eigenvalue weighted by molar-refractivity contribution is 5.78. The molecule has 1 heterocycles. The molecule has 1 aromatic rings. The Bertz CT molecular complexity index is 671. The van der Waals surface area contributed by atoms with Crippen LogP contribution in [0.1, 0.15) is 32.1 Å². The lowest BCUT2D eigenvalue weighted by Gasteiger charge is -2.40. The van der Waals surface area contributed by atoms with Crippen molar-refractivity contribution in [2.75, 3.05) is 44.7 Å². The molecule has 1 saturated heterocycles. The molecule has 2 N–H and O–H groups in total. The predicted molar refractivity (Wildman–Crippen MR) is 100 cm³/mol. The molecule has 0 spiro atoms. The molecular formula is C20H29N4O2+. The van der Waals surface area contributed by atoms with Gasteiger partial charge in [0.2, 0.25) is 0 Å². The van der Waals surface area contributed by atoms with Crippen LogP contribution in [0.2, 0.25) is 0 Å². The SMILES string of the molecule is CN(C(=O)C[NH+]1CCN(c2ccccc2O)CC1)C1(C#N)CCCCC1. The number of likely N-dealkylation sites (N-methyl/N-ethyl adjacent to an activating group) is 1. The largest absolute Gasteiger partial charge is 0.506 e. The molecule has 0 aromatic heterocycles. The molecule has 1 saturated carbocycles. The van der Waals surface area contributed by atoms with Gasteiger partial charge in [0.05, 0.1) is 37.9 Å². The summed E-state index contributed by atoms with van der Waals surface area (Å²) in [7, 11) is 1.80. The van der Waals surface area contributed by atoms with Crippen LogP contribution in [0.15, 0.2) is 24.3 Å². The van der Waals surface area contributed by atoms with Gasteiger partial charge in [-0.1, -0.05) is 31.4 Å². The summed E-state index contributed by atoms with van der Waals surface area (Å²) in [4.78, 5) is 17.9. The average Bonchev–Trinajstić information content (AvgIpc) is 2.69. The Labute approximate surface area is 155 Å². The van der Waals surface area contributed by atoms with Crippen molar-refractivity contribution in [2.24, 2.45) is 0 Å². The van der Waals surface area contributed by atoms with Crippen molar-refractivity contribution in [3.8, 4) is 11.8 Å². The van der Waals surface area contributed by atoms with E-state index in [2.05, 4.69) is 11.0 Å². The maximum absolute atomic E-state index is 12.8. The normalized spacial score (nSPS) is 20.4. The van der Waals surface area contributed by atoms with Crippen LogP contribution in [0.4, 0.5) is 5.69 Å². The van der Waals surface area contributed by atoms with Crippen molar-refractivity contribution in [1.29, 1.82) is 5.26 Å². The first kappa shape index (κ1) is 18.5. The summed E-state index contributed by atoms with van der Waals surface area (Å²) < 4.78 is 0. The number of phenolic OH excluding ortho intramolecular Hbond substituents is 1. The number of nitrogens with zero attached hydrogens (tertiary/aromatic N) is 3. The van der Waals surface area contributed by atoms with Gasteiger partial charge < -0.3 is 19.8 Å². The minimum atomic E-state index is -0.605. The summed E-state index contributed by atoms with van der Waals surface area (Å²) in [5, 5.41) is 19.7. The number of phenols is 1. The summed E-state index contributed by atoms with van der Waals surface area (Å²) in [5.41, 5.74) is 0.257. The number of amides is 1. The molecule has 3 rings (SSSR count). The lowest BCUT2D eigenvalue weighted by molar-refractivity contribution is -0.892. The highest BCUT2D eigenvalue weighted by atomic mass is 16.3. The van der Waals surface area contributed by atoms with Gasteiger partial charge in [-0.25, -0.2) is 0 Å². The molecule has 0 bridgehead atoms. The maximum Gasteiger partial charge on any atom is 0.278 e. The molecule has 2 aliphatic rings. The molecule has 0 radical (unpaired) electrons. The van der Waals surface area contributed by atoms with E-state index in [0.717, 1.165) is 64.0 Å². The van der Waals surface area contributed by atoms with Crippen LogP contribution in [0.5, 0.6) is 5.75 Å². The number of hydrogen-bond donors (Lipinski definition) is 2. The topological polar surface area (TPSA) is 72.0 Å². The third-order valence-corrected chi connectivity index (χ3v) is 6.00. The second-order valence-corrected chi connectivity index (χ2v) is 7.56. The number of rotatable bonds is 4. The monoisotopic (exact) mass is 357 g/mol. The van der Waals surface area contributed by atoms with Gasteiger partial charge in [0.25, 0.3) is 5.91 Å². The Kier molecular flexibility index (Phi) is 5.67. The van der Waals surface area contributed by atoms with Crippen molar-refractivity contribution in [3.63, 3.8) is 0 Å². The minimum Gasteiger partial charge on any atom is -0.506 e. The molecule has 26 heavy (non-hydrogen) atoms.